The van der Waals surface area contributed by atoms with Crippen LogP contribution >= 0.6 is 12.2 Å². The van der Waals surface area contributed by atoms with Gasteiger partial charge in [0.15, 0.2) is 5.11 Å². The number of benzene rings is 2. The van der Waals surface area contributed by atoms with E-state index in [2.05, 4.69) is 36.5 Å². The molecule has 0 aliphatic heterocycles. The fourth-order valence-electron chi connectivity index (χ4n) is 2.90. The zero-order valence-corrected chi connectivity index (χ0v) is 15.9. The van der Waals surface area contributed by atoms with E-state index in [1.54, 1.807) is 0 Å². The van der Waals surface area contributed by atoms with Crippen molar-refractivity contribution in [2.24, 2.45) is 10.8 Å². The number of hydrogen-bond acceptors (Lipinski definition) is 4. The molecule has 0 saturated carbocycles. The molecule has 0 spiro atoms. The quantitative estimate of drug-likeness (QED) is 0.489. The van der Waals surface area contributed by atoms with E-state index in [-0.39, 0.29) is 5.11 Å². The van der Waals surface area contributed by atoms with Crippen molar-refractivity contribution in [3.05, 3.63) is 47.5 Å². The van der Waals surface area contributed by atoms with E-state index in [0.717, 1.165) is 52.3 Å². The summed E-state index contributed by atoms with van der Waals surface area (Å²) in [5.74, 6) is 1.65. The van der Waals surface area contributed by atoms with Gasteiger partial charge in [-0.3, -0.25) is 5.43 Å². The summed E-state index contributed by atoms with van der Waals surface area (Å²) in [6.45, 7) is 5.52. The molecular formula is C20H23N3O2S. The molecule has 0 atom stereocenters. The Bertz CT molecular complexity index is 789. The predicted molar refractivity (Wildman–Crippen MR) is 109 cm³/mol. The van der Waals surface area contributed by atoms with Crippen molar-refractivity contribution >= 4 is 23.0 Å². The smallest absolute Gasteiger partial charge is 0.184 e. The Morgan fingerprint density at radius 3 is 1.85 bits per heavy atom. The van der Waals surface area contributed by atoms with E-state index < -0.39 is 0 Å². The Hall–Kier alpha value is -2.60. The van der Waals surface area contributed by atoms with Crippen molar-refractivity contribution in [1.29, 1.82) is 0 Å². The highest BCUT2D eigenvalue weighted by Gasteiger charge is 2.26. The highest BCUT2D eigenvalue weighted by Crippen LogP contribution is 2.40. The van der Waals surface area contributed by atoms with Crippen LogP contribution in [0.25, 0.3) is 11.1 Å². The van der Waals surface area contributed by atoms with E-state index >= 15 is 0 Å². The number of thiocarbonyl (C=S) groups is 1. The SMILES string of the molecule is CCCOc1ccc2c(c1)C(=NNC(N)=S)c1cc(OCCC)ccc1-2. The second-order valence-electron chi connectivity index (χ2n) is 6.05. The number of hydrazone groups is 1. The van der Waals surface area contributed by atoms with Gasteiger partial charge in [-0.15, -0.1) is 0 Å². The zero-order valence-electron chi connectivity index (χ0n) is 15.0. The number of nitrogens with one attached hydrogen (secondary N) is 1. The molecule has 0 saturated heterocycles. The third kappa shape index (κ3) is 3.80. The third-order valence-electron chi connectivity index (χ3n) is 4.01. The van der Waals surface area contributed by atoms with Gasteiger partial charge in [0, 0.05) is 11.1 Å². The molecule has 1 aliphatic rings. The van der Waals surface area contributed by atoms with Crippen LogP contribution in [0, 0.1) is 0 Å². The Morgan fingerprint density at radius 2 is 1.42 bits per heavy atom. The Balaban J connectivity index is 2.04. The highest BCUT2D eigenvalue weighted by molar-refractivity contribution is 7.80. The largest absolute Gasteiger partial charge is 0.494 e. The first-order valence-corrected chi connectivity index (χ1v) is 9.22. The van der Waals surface area contributed by atoms with Gasteiger partial charge in [0.25, 0.3) is 0 Å². The standard InChI is InChI=1S/C20H23N3O2S/c1-3-9-24-13-5-7-15-16-8-6-14(25-10-4-2)12-18(16)19(17(15)11-13)22-23-20(21)26/h5-8,11-12H,3-4,9-10H2,1-2H3,(H3,21,23,26). The van der Waals surface area contributed by atoms with Crippen LogP contribution in [-0.2, 0) is 0 Å². The maximum Gasteiger partial charge on any atom is 0.184 e. The number of fused-ring (bicyclic) bond motifs is 3. The molecule has 2 aromatic carbocycles. The topological polar surface area (TPSA) is 68.9 Å². The van der Waals surface area contributed by atoms with Gasteiger partial charge >= 0.3 is 0 Å². The van der Waals surface area contributed by atoms with Gasteiger partial charge in [-0.25, -0.2) is 0 Å². The molecular weight excluding hydrogens is 346 g/mol. The second-order valence-corrected chi connectivity index (χ2v) is 6.49. The number of rotatable bonds is 7. The Morgan fingerprint density at radius 1 is 0.923 bits per heavy atom. The van der Waals surface area contributed by atoms with Crippen molar-refractivity contribution in [2.75, 3.05) is 13.2 Å². The summed E-state index contributed by atoms with van der Waals surface area (Å²) in [6.07, 6.45) is 1.92. The van der Waals surface area contributed by atoms with Crippen LogP contribution < -0.4 is 20.6 Å². The maximum absolute atomic E-state index is 5.78. The monoisotopic (exact) mass is 369 g/mol. The molecule has 0 radical (unpaired) electrons. The summed E-state index contributed by atoms with van der Waals surface area (Å²) in [7, 11) is 0. The summed E-state index contributed by atoms with van der Waals surface area (Å²) < 4.78 is 11.6. The van der Waals surface area contributed by atoms with Gasteiger partial charge in [0.1, 0.15) is 11.5 Å². The molecule has 3 N–H and O–H groups in total. The molecule has 5 nitrogen and oxygen atoms in total. The molecule has 0 amide bonds. The number of nitrogens with zero attached hydrogens (tertiary/aromatic N) is 1. The minimum Gasteiger partial charge on any atom is -0.494 e. The predicted octanol–water partition coefficient (Wildman–Crippen LogP) is 3.83. The van der Waals surface area contributed by atoms with Gasteiger partial charge in [0.05, 0.1) is 18.9 Å². The lowest BCUT2D eigenvalue weighted by Gasteiger charge is -2.08. The van der Waals surface area contributed by atoms with Crippen molar-refractivity contribution in [1.82, 2.24) is 5.43 Å². The van der Waals surface area contributed by atoms with Gasteiger partial charge in [-0.05, 0) is 72.6 Å². The van der Waals surface area contributed by atoms with Gasteiger partial charge < -0.3 is 15.2 Å². The summed E-state index contributed by atoms with van der Waals surface area (Å²) in [6, 6.07) is 12.1. The van der Waals surface area contributed by atoms with Crippen molar-refractivity contribution in [2.45, 2.75) is 26.7 Å². The molecule has 0 bridgehead atoms. The molecule has 2 aromatic rings. The molecule has 0 unspecified atom stereocenters. The van der Waals surface area contributed by atoms with Crippen molar-refractivity contribution < 1.29 is 9.47 Å². The van der Waals surface area contributed by atoms with Crippen LogP contribution in [0.15, 0.2) is 41.5 Å². The van der Waals surface area contributed by atoms with Crippen LogP contribution in [0.4, 0.5) is 0 Å². The summed E-state index contributed by atoms with van der Waals surface area (Å²) in [5, 5.41) is 4.57. The summed E-state index contributed by atoms with van der Waals surface area (Å²) in [5.41, 5.74) is 13.3. The van der Waals surface area contributed by atoms with Crippen molar-refractivity contribution in [3.8, 4) is 22.6 Å². The molecule has 0 aromatic heterocycles. The summed E-state index contributed by atoms with van der Waals surface area (Å²) in [4.78, 5) is 0. The number of ether oxygens (including phenoxy) is 2. The van der Waals surface area contributed by atoms with Crippen molar-refractivity contribution in [3.63, 3.8) is 0 Å². The molecule has 26 heavy (non-hydrogen) atoms. The Kier molecular flexibility index (Phi) is 5.73. The van der Waals surface area contributed by atoms with Gasteiger partial charge in [-0.2, -0.15) is 5.10 Å². The Labute approximate surface area is 159 Å². The van der Waals surface area contributed by atoms with Crippen LogP contribution in [-0.4, -0.2) is 24.0 Å². The second kappa shape index (κ2) is 8.19. The minimum atomic E-state index is 0.129. The molecule has 0 fully saturated rings. The van der Waals surface area contributed by atoms with Gasteiger partial charge in [-0.1, -0.05) is 13.8 Å². The molecule has 6 heteroatoms. The maximum atomic E-state index is 5.78. The van der Waals surface area contributed by atoms with E-state index in [1.807, 2.05) is 24.3 Å². The molecule has 3 rings (SSSR count). The van der Waals surface area contributed by atoms with E-state index in [4.69, 9.17) is 27.4 Å². The average Bonchev–Trinajstić information content (AvgIpc) is 2.95. The lowest BCUT2D eigenvalue weighted by Crippen LogP contribution is -2.25. The lowest BCUT2D eigenvalue weighted by molar-refractivity contribution is 0.317. The van der Waals surface area contributed by atoms with Gasteiger partial charge in [0.2, 0.25) is 0 Å². The van der Waals surface area contributed by atoms with Crippen LogP contribution in [0.1, 0.15) is 37.8 Å². The van der Waals surface area contributed by atoms with Crippen LogP contribution in [0.5, 0.6) is 11.5 Å². The molecule has 136 valence electrons. The van der Waals surface area contributed by atoms with E-state index in [1.165, 1.54) is 0 Å². The first kappa shape index (κ1) is 18.2. The normalized spacial score (nSPS) is 11.5. The lowest BCUT2D eigenvalue weighted by atomic mass is 10.1. The number of hydrogen-bond donors (Lipinski definition) is 2. The minimum absolute atomic E-state index is 0.129. The molecule has 1 aliphatic carbocycles. The van der Waals surface area contributed by atoms with E-state index in [0.29, 0.717) is 13.2 Å². The number of nitrogens with two attached hydrogens (primary N) is 1. The van der Waals surface area contributed by atoms with E-state index in [9.17, 15) is 0 Å². The molecule has 0 heterocycles. The average molecular weight is 369 g/mol. The first-order valence-electron chi connectivity index (χ1n) is 8.82. The van der Waals surface area contributed by atoms with Crippen LogP contribution in [0.3, 0.4) is 0 Å². The highest BCUT2D eigenvalue weighted by atomic mass is 32.1. The third-order valence-corrected chi connectivity index (χ3v) is 4.10. The first-order chi connectivity index (χ1) is 12.6. The zero-order chi connectivity index (χ0) is 18.5. The fraction of sp³-hybridized carbons (Fsp3) is 0.300. The fourth-order valence-corrected chi connectivity index (χ4v) is 2.95. The summed E-state index contributed by atoms with van der Waals surface area (Å²) >= 11 is 4.90. The van der Waals surface area contributed by atoms with Crippen LogP contribution in [0.2, 0.25) is 0 Å².